The standard InChI is InChI=1S/C22H25ClN2O4S/c1-14-12-19(15(2)11-17(14)23)30(27,28)24-18-8-6-7-16-9-10-25(21(16)18)13-20(26)29-22(3,4)5/h6-12,24H,13H2,1-5H3. The number of para-hydroxylation sites is 1. The minimum absolute atomic E-state index is 0.0292. The number of fused-ring (bicyclic) bond motifs is 1. The van der Waals surface area contributed by atoms with E-state index in [-0.39, 0.29) is 11.4 Å². The second-order valence-electron chi connectivity index (χ2n) is 8.25. The monoisotopic (exact) mass is 448 g/mol. The zero-order valence-electron chi connectivity index (χ0n) is 17.6. The van der Waals surface area contributed by atoms with Gasteiger partial charge in [-0.25, -0.2) is 8.42 Å². The first-order valence-electron chi connectivity index (χ1n) is 9.47. The number of aromatic nitrogens is 1. The van der Waals surface area contributed by atoms with E-state index < -0.39 is 21.6 Å². The summed E-state index contributed by atoms with van der Waals surface area (Å²) in [4.78, 5) is 12.5. The number of hydrogen-bond acceptors (Lipinski definition) is 4. The van der Waals surface area contributed by atoms with Gasteiger partial charge in [-0.2, -0.15) is 0 Å². The van der Waals surface area contributed by atoms with E-state index in [9.17, 15) is 13.2 Å². The molecule has 0 fully saturated rings. The number of ether oxygens (including phenoxy) is 1. The minimum atomic E-state index is -3.86. The molecule has 0 atom stereocenters. The molecule has 1 N–H and O–H groups in total. The van der Waals surface area contributed by atoms with Gasteiger partial charge in [-0.1, -0.05) is 23.7 Å². The second kappa shape index (κ2) is 7.96. The Hall–Kier alpha value is -2.51. The third-order valence-corrected chi connectivity index (χ3v) is 6.41. The Kier molecular flexibility index (Phi) is 5.89. The van der Waals surface area contributed by atoms with Gasteiger partial charge in [0.25, 0.3) is 10.0 Å². The van der Waals surface area contributed by atoms with Gasteiger partial charge in [-0.05, 0) is 70.0 Å². The summed E-state index contributed by atoms with van der Waals surface area (Å²) in [6.45, 7) is 8.83. The SMILES string of the molecule is Cc1cc(S(=O)(=O)Nc2cccc3ccn(CC(=O)OC(C)(C)C)c23)c(C)cc1Cl. The molecule has 0 radical (unpaired) electrons. The first-order chi connectivity index (χ1) is 13.9. The lowest BCUT2D eigenvalue weighted by atomic mass is 10.2. The zero-order valence-corrected chi connectivity index (χ0v) is 19.2. The molecule has 1 aromatic heterocycles. The first kappa shape index (κ1) is 22.2. The molecule has 30 heavy (non-hydrogen) atoms. The molecule has 0 amide bonds. The van der Waals surface area contributed by atoms with E-state index in [1.807, 2.05) is 12.1 Å². The number of benzene rings is 2. The van der Waals surface area contributed by atoms with Crippen LogP contribution in [-0.2, 0) is 26.1 Å². The minimum Gasteiger partial charge on any atom is -0.459 e. The summed E-state index contributed by atoms with van der Waals surface area (Å²) >= 11 is 6.11. The van der Waals surface area contributed by atoms with E-state index in [4.69, 9.17) is 16.3 Å². The number of nitrogens with one attached hydrogen (secondary N) is 1. The fraction of sp³-hybridized carbons (Fsp3) is 0.318. The smallest absolute Gasteiger partial charge is 0.326 e. The van der Waals surface area contributed by atoms with E-state index >= 15 is 0 Å². The molecule has 3 aromatic rings. The number of esters is 1. The largest absolute Gasteiger partial charge is 0.459 e. The van der Waals surface area contributed by atoms with Gasteiger partial charge in [0.2, 0.25) is 0 Å². The number of rotatable bonds is 5. The number of halogens is 1. The van der Waals surface area contributed by atoms with Crippen molar-refractivity contribution in [1.82, 2.24) is 4.57 Å². The predicted molar refractivity (Wildman–Crippen MR) is 120 cm³/mol. The van der Waals surface area contributed by atoms with Crippen molar-refractivity contribution in [3.63, 3.8) is 0 Å². The maximum Gasteiger partial charge on any atom is 0.326 e. The van der Waals surface area contributed by atoms with Crippen LogP contribution in [0.2, 0.25) is 5.02 Å². The number of carbonyl (C=O) groups excluding carboxylic acids is 1. The van der Waals surface area contributed by atoms with Crippen LogP contribution in [0.3, 0.4) is 0 Å². The van der Waals surface area contributed by atoms with Gasteiger partial charge in [0.15, 0.2) is 0 Å². The number of hydrogen-bond donors (Lipinski definition) is 1. The lowest BCUT2D eigenvalue weighted by molar-refractivity contribution is -0.155. The summed E-state index contributed by atoms with van der Waals surface area (Å²) in [6.07, 6.45) is 1.74. The van der Waals surface area contributed by atoms with Gasteiger partial charge in [0, 0.05) is 16.6 Å². The number of anilines is 1. The molecule has 0 saturated heterocycles. The normalized spacial score (nSPS) is 12.2. The van der Waals surface area contributed by atoms with Crippen molar-refractivity contribution < 1.29 is 17.9 Å². The van der Waals surface area contributed by atoms with Crippen molar-refractivity contribution >= 4 is 44.2 Å². The van der Waals surface area contributed by atoms with Crippen LogP contribution >= 0.6 is 11.6 Å². The molecule has 160 valence electrons. The summed E-state index contributed by atoms with van der Waals surface area (Å²) in [6, 6.07) is 10.3. The Morgan fingerprint density at radius 2 is 1.83 bits per heavy atom. The molecule has 0 aliphatic carbocycles. The average molecular weight is 449 g/mol. The number of carbonyl (C=O) groups is 1. The Bertz CT molecular complexity index is 1220. The quantitative estimate of drug-likeness (QED) is 0.554. The van der Waals surface area contributed by atoms with Crippen LogP contribution in [0.1, 0.15) is 31.9 Å². The molecule has 0 saturated carbocycles. The van der Waals surface area contributed by atoms with Gasteiger partial charge in [0.05, 0.1) is 16.1 Å². The Balaban J connectivity index is 2.00. The maximum absolute atomic E-state index is 13.1. The van der Waals surface area contributed by atoms with Crippen molar-refractivity contribution in [2.75, 3.05) is 4.72 Å². The van der Waals surface area contributed by atoms with Crippen LogP contribution in [0.15, 0.2) is 47.5 Å². The molecular formula is C22H25ClN2O4S. The van der Waals surface area contributed by atoms with Crippen LogP contribution in [0.25, 0.3) is 10.9 Å². The van der Waals surface area contributed by atoms with Crippen molar-refractivity contribution in [2.45, 2.75) is 51.7 Å². The number of aryl methyl sites for hydroxylation is 2. The summed E-state index contributed by atoms with van der Waals surface area (Å²) in [5.41, 5.74) is 1.61. The van der Waals surface area contributed by atoms with Crippen LogP contribution in [-0.4, -0.2) is 24.6 Å². The molecule has 1 heterocycles. The third kappa shape index (κ3) is 4.79. The summed E-state index contributed by atoms with van der Waals surface area (Å²) in [7, 11) is -3.86. The van der Waals surface area contributed by atoms with E-state index in [2.05, 4.69) is 4.72 Å². The van der Waals surface area contributed by atoms with Gasteiger partial charge in [0.1, 0.15) is 12.1 Å². The Morgan fingerprint density at radius 1 is 1.13 bits per heavy atom. The van der Waals surface area contributed by atoms with Gasteiger partial charge in [-0.15, -0.1) is 0 Å². The topological polar surface area (TPSA) is 77.4 Å². The lowest BCUT2D eigenvalue weighted by Gasteiger charge is -2.20. The summed E-state index contributed by atoms with van der Waals surface area (Å²) in [5, 5.41) is 1.32. The highest BCUT2D eigenvalue weighted by molar-refractivity contribution is 7.92. The highest BCUT2D eigenvalue weighted by Gasteiger charge is 2.22. The molecule has 2 aromatic carbocycles. The fourth-order valence-electron chi connectivity index (χ4n) is 3.23. The van der Waals surface area contributed by atoms with E-state index in [1.54, 1.807) is 69.6 Å². The van der Waals surface area contributed by atoms with Crippen LogP contribution in [0, 0.1) is 13.8 Å². The van der Waals surface area contributed by atoms with E-state index in [0.29, 0.717) is 27.4 Å². The Labute approximate surface area is 181 Å². The first-order valence-corrected chi connectivity index (χ1v) is 11.3. The molecule has 8 heteroatoms. The number of nitrogens with zero attached hydrogens (tertiary/aromatic N) is 1. The third-order valence-electron chi connectivity index (χ3n) is 4.50. The highest BCUT2D eigenvalue weighted by Crippen LogP contribution is 2.29. The molecule has 0 aliphatic heterocycles. The predicted octanol–water partition coefficient (Wildman–Crippen LogP) is 5.05. The van der Waals surface area contributed by atoms with Gasteiger partial charge < -0.3 is 9.30 Å². The molecule has 0 spiro atoms. The highest BCUT2D eigenvalue weighted by atomic mass is 35.5. The van der Waals surface area contributed by atoms with Crippen molar-refractivity contribution in [1.29, 1.82) is 0 Å². The van der Waals surface area contributed by atoms with Crippen molar-refractivity contribution in [2.24, 2.45) is 0 Å². The van der Waals surface area contributed by atoms with E-state index in [0.717, 1.165) is 5.39 Å². The average Bonchev–Trinajstić information content (AvgIpc) is 3.00. The summed E-state index contributed by atoms with van der Waals surface area (Å²) in [5.74, 6) is -0.401. The molecular weight excluding hydrogens is 424 g/mol. The second-order valence-corrected chi connectivity index (χ2v) is 10.3. The fourth-order valence-corrected chi connectivity index (χ4v) is 4.83. The van der Waals surface area contributed by atoms with Gasteiger partial charge in [-0.3, -0.25) is 9.52 Å². The molecule has 6 nitrogen and oxygen atoms in total. The molecule has 3 rings (SSSR count). The zero-order chi connectivity index (χ0) is 22.3. The van der Waals surface area contributed by atoms with Crippen LogP contribution in [0.4, 0.5) is 5.69 Å². The molecule has 0 unspecified atom stereocenters. The van der Waals surface area contributed by atoms with Crippen LogP contribution in [0.5, 0.6) is 0 Å². The summed E-state index contributed by atoms with van der Waals surface area (Å²) < 4.78 is 36.0. The Morgan fingerprint density at radius 3 is 2.50 bits per heavy atom. The van der Waals surface area contributed by atoms with Crippen molar-refractivity contribution in [3.8, 4) is 0 Å². The van der Waals surface area contributed by atoms with Crippen LogP contribution < -0.4 is 4.72 Å². The van der Waals surface area contributed by atoms with E-state index in [1.165, 1.54) is 0 Å². The van der Waals surface area contributed by atoms with Gasteiger partial charge >= 0.3 is 5.97 Å². The number of sulfonamides is 1. The lowest BCUT2D eigenvalue weighted by Crippen LogP contribution is -2.26. The molecule has 0 aliphatic rings. The van der Waals surface area contributed by atoms with Crippen molar-refractivity contribution in [3.05, 3.63) is 58.7 Å². The maximum atomic E-state index is 13.1. The molecule has 0 bridgehead atoms.